The lowest BCUT2D eigenvalue weighted by molar-refractivity contribution is -0.139. The third kappa shape index (κ3) is 3.90. The van der Waals surface area contributed by atoms with Gasteiger partial charge in [-0.15, -0.1) is 0 Å². The fourth-order valence-corrected chi connectivity index (χ4v) is 1.23. The van der Waals surface area contributed by atoms with Crippen LogP contribution in [0.2, 0.25) is 0 Å². The van der Waals surface area contributed by atoms with E-state index in [4.69, 9.17) is 9.84 Å². The highest BCUT2D eigenvalue weighted by atomic mass is 16.5. The van der Waals surface area contributed by atoms with Crippen molar-refractivity contribution in [3.05, 3.63) is 29.8 Å². The first kappa shape index (κ1) is 12.5. The monoisotopic (exact) mass is 223 g/mol. The van der Waals surface area contributed by atoms with Crippen LogP contribution in [0.4, 0.5) is 0 Å². The maximum absolute atomic E-state index is 10.6. The summed E-state index contributed by atoms with van der Waals surface area (Å²) >= 11 is 0. The van der Waals surface area contributed by atoms with Crippen molar-refractivity contribution in [3.63, 3.8) is 0 Å². The van der Waals surface area contributed by atoms with E-state index in [0.29, 0.717) is 13.2 Å². The number of hydrogen-bond acceptors (Lipinski definition) is 3. The largest absolute Gasteiger partial charge is 0.494 e. The fourth-order valence-electron chi connectivity index (χ4n) is 1.23. The Labute approximate surface area is 95.2 Å². The molecule has 0 amide bonds. The molecule has 0 heterocycles. The van der Waals surface area contributed by atoms with E-state index in [1.54, 1.807) is 6.92 Å². The highest BCUT2D eigenvalue weighted by molar-refractivity contribution is 5.72. The van der Waals surface area contributed by atoms with Gasteiger partial charge < -0.3 is 15.2 Å². The van der Waals surface area contributed by atoms with Gasteiger partial charge in [-0.25, -0.2) is 0 Å². The summed E-state index contributed by atoms with van der Waals surface area (Å²) < 4.78 is 5.31. The van der Waals surface area contributed by atoms with E-state index in [9.17, 15) is 4.79 Å². The molecule has 0 bridgehead atoms. The van der Waals surface area contributed by atoms with Crippen LogP contribution in [-0.4, -0.2) is 23.7 Å². The molecule has 0 unspecified atom stereocenters. The number of aliphatic carboxylic acids is 1. The first-order chi connectivity index (χ1) is 7.63. The predicted molar refractivity (Wildman–Crippen MR) is 61.5 cm³/mol. The molecule has 0 fully saturated rings. The molecule has 0 saturated carbocycles. The SMILES string of the molecule is CCOc1ccc(CN[C@@H](C)C(=O)O)cc1. The highest BCUT2D eigenvalue weighted by Gasteiger charge is 2.08. The molecule has 4 nitrogen and oxygen atoms in total. The number of ether oxygens (including phenoxy) is 1. The van der Waals surface area contributed by atoms with Crippen LogP contribution in [0.5, 0.6) is 5.75 Å². The van der Waals surface area contributed by atoms with Crippen LogP contribution in [0, 0.1) is 0 Å². The average molecular weight is 223 g/mol. The van der Waals surface area contributed by atoms with Crippen molar-refractivity contribution in [2.75, 3.05) is 6.61 Å². The van der Waals surface area contributed by atoms with E-state index in [-0.39, 0.29) is 0 Å². The van der Waals surface area contributed by atoms with Crippen molar-refractivity contribution in [2.45, 2.75) is 26.4 Å². The van der Waals surface area contributed by atoms with Gasteiger partial charge in [-0.1, -0.05) is 12.1 Å². The van der Waals surface area contributed by atoms with Crippen LogP contribution in [0.1, 0.15) is 19.4 Å². The number of carboxylic acid groups (broad SMARTS) is 1. The van der Waals surface area contributed by atoms with E-state index < -0.39 is 12.0 Å². The van der Waals surface area contributed by atoms with Crippen LogP contribution < -0.4 is 10.1 Å². The predicted octanol–water partition coefficient (Wildman–Crippen LogP) is 1.65. The molecule has 1 rings (SSSR count). The Morgan fingerprint density at radius 2 is 2.06 bits per heavy atom. The summed E-state index contributed by atoms with van der Waals surface area (Å²) in [5.41, 5.74) is 1.04. The molecule has 16 heavy (non-hydrogen) atoms. The number of benzene rings is 1. The molecule has 0 spiro atoms. The van der Waals surface area contributed by atoms with Gasteiger partial charge in [0.1, 0.15) is 11.8 Å². The van der Waals surface area contributed by atoms with Crippen molar-refractivity contribution in [1.82, 2.24) is 5.32 Å². The Hall–Kier alpha value is -1.55. The number of nitrogens with one attached hydrogen (secondary N) is 1. The lowest BCUT2D eigenvalue weighted by atomic mass is 10.2. The third-order valence-corrected chi connectivity index (χ3v) is 2.22. The molecule has 4 heteroatoms. The Balaban J connectivity index is 2.46. The minimum Gasteiger partial charge on any atom is -0.494 e. The number of carboxylic acids is 1. The zero-order valence-electron chi connectivity index (χ0n) is 9.56. The highest BCUT2D eigenvalue weighted by Crippen LogP contribution is 2.11. The minimum atomic E-state index is -0.842. The van der Waals surface area contributed by atoms with Crippen LogP contribution in [0.3, 0.4) is 0 Å². The van der Waals surface area contributed by atoms with Gasteiger partial charge in [-0.3, -0.25) is 4.79 Å². The van der Waals surface area contributed by atoms with Crippen LogP contribution in [0.15, 0.2) is 24.3 Å². The summed E-state index contributed by atoms with van der Waals surface area (Å²) in [7, 11) is 0. The van der Waals surface area contributed by atoms with Crippen molar-refractivity contribution in [1.29, 1.82) is 0 Å². The second-order valence-electron chi connectivity index (χ2n) is 3.52. The van der Waals surface area contributed by atoms with Crippen molar-refractivity contribution in [2.24, 2.45) is 0 Å². The lowest BCUT2D eigenvalue weighted by Gasteiger charge is -2.09. The molecule has 0 saturated heterocycles. The van der Waals surface area contributed by atoms with Crippen molar-refractivity contribution in [3.8, 4) is 5.75 Å². The van der Waals surface area contributed by atoms with Gasteiger partial charge >= 0.3 is 5.97 Å². The molecule has 0 aliphatic heterocycles. The average Bonchev–Trinajstić information content (AvgIpc) is 2.28. The number of hydrogen-bond donors (Lipinski definition) is 2. The van der Waals surface area contributed by atoms with Gasteiger partial charge in [0.15, 0.2) is 0 Å². The van der Waals surface area contributed by atoms with E-state index >= 15 is 0 Å². The maximum Gasteiger partial charge on any atom is 0.320 e. The lowest BCUT2D eigenvalue weighted by Crippen LogP contribution is -2.33. The standard InChI is InChI=1S/C12H17NO3/c1-3-16-11-6-4-10(5-7-11)8-13-9(2)12(14)15/h4-7,9,13H,3,8H2,1-2H3,(H,14,15)/t9-/m0/s1. The van der Waals surface area contributed by atoms with Crippen LogP contribution in [0.25, 0.3) is 0 Å². The van der Waals surface area contributed by atoms with Crippen molar-refractivity contribution < 1.29 is 14.6 Å². The van der Waals surface area contributed by atoms with Gasteiger partial charge in [0.05, 0.1) is 6.61 Å². The zero-order chi connectivity index (χ0) is 12.0. The van der Waals surface area contributed by atoms with E-state index in [1.807, 2.05) is 31.2 Å². The van der Waals surface area contributed by atoms with Crippen LogP contribution in [-0.2, 0) is 11.3 Å². The quantitative estimate of drug-likeness (QED) is 0.769. The normalized spacial score (nSPS) is 12.1. The van der Waals surface area contributed by atoms with E-state index in [0.717, 1.165) is 11.3 Å². The number of carbonyl (C=O) groups is 1. The molecule has 1 aromatic carbocycles. The molecule has 0 radical (unpaired) electrons. The summed E-state index contributed by atoms with van der Waals surface area (Å²) in [6.07, 6.45) is 0. The van der Waals surface area contributed by atoms with Gasteiger partial charge in [0.2, 0.25) is 0 Å². The molecule has 88 valence electrons. The van der Waals surface area contributed by atoms with Crippen molar-refractivity contribution >= 4 is 5.97 Å². The Morgan fingerprint density at radius 3 is 2.56 bits per heavy atom. The first-order valence-electron chi connectivity index (χ1n) is 5.31. The summed E-state index contributed by atoms with van der Waals surface area (Å²) in [6.45, 7) is 4.74. The van der Waals surface area contributed by atoms with E-state index in [2.05, 4.69) is 5.32 Å². The van der Waals surface area contributed by atoms with Gasteiger partial charge in [-0.05, 0) is 31.5 Å². The van der Waals surface area contributed by atoms with Gasteiger partial charge in [-0.2, -0.15) is 0 Å². The fraction of sp³-hybridized carbons (Fsp3) is 0.417. The molecule has 0 aliphatic carbocycles. The maximum atomic E-state index is 10.6. The molecule has 0 aliphatic rings. The molecular weight excluding hydrogens is 206 g/mol. The van der Waals surface area contributed by atoms with Gasteiger partial charge in [0, 0.05) is 6.54 Å². The first-order valence-corrected chi connectivity index (χ1v) is 5.31. The molecular formula is C12H17NO3. The second kappa shape index (κ2) is 6.12. The molecule has 1 atom stereocenters. The van der Waals surface area contributed by atoms with Crippen LogP contribution >= 0.6 is 0 Å². The summed E-state index contributed by atoms with van der Waals surface area (Å²) in [6, 6.07) is 7.07. The topological polar surface area (TPSA) is 58.6 Å². The summed E-state index contributed by atoms with van der Waals surface area (Å²) in [4.78, 5) is 10.6. The zero-order valence-corrected chi connectivity index (χ0v) is 9.56. The number of rotatable bonds is 6. The summed E-state index contributed by atoms with van der Waals surface area (Å²) in [5, 5.41) is 11.6. The summed E-state index contributed by atoms with van der Waals surface area (Å²) in [5.74, 6) is -0.0107. The third-order valence-electron chi connectivity index (χ3n) is 2.22. The Bertz CT molecular complexity index is 335. The Morgan fingerprint density at radius 1 is 1.44 bits per heavy atom. The molecule has 2 N–H and O–H groups in total. The van der Waals surface area contributed by atoms with E-state index in [1.165, 1.54) is 0 Å². The Kier molecular flexibility index (Phi) is 4.79. The molecule has 0 aromatic heterocycles. The smallest absolute Gasteiger partial charge is 0.320 e. The minimum absolute atomic E-state index is 0.536. The second-order valence-corrected chi connectivity index (χ2v) is 3.52. The van der Waals surface area contributed by atoms with Gasteiger partial charge in [0.25, 0.3) is 0 Å². The molecule has 1 aromatic rings.